The molecule has 13 heteroatoms. The van der Waals surface area contributed by atoms with Gasteiger partial charge >= 0.3 is 12.4 Å². The Morgan fingerprint density at radius 1 is 0.828 bits per heavy atom. The number of halogens is 7. The second-order valence-electron chi connectivity index (χ2n) is 5.95. The number of nitrogens with zero attached hydrogens (tertiary/aromatic N) is 4. The third-order valence-electron chi connectivity index (χ3n) is 3.79. The summed E-state index contributed by atoms with van der Waals surface area (Å²) in [6.07, 6.45) is -9.91. The van der Waals surface area contributed by atoms with E-state index in [4.69, 9.17) is 11.6 Å². The highest BCUT2D eigenvalue weighted by molar-refractivity contribution is 6.29. The highest BCUT2D eigenvalue weighted by atomic mass is 35.5. The van der Waals surface area contributed by atoms with E-state index in [1.807, 2.05) is 0 Å². The van der Waals surface area contributed by atoms with Crippen molar-refractivity contribution in [3.05, 3.63) is 23.4 Å². The maximum atomic E-state index is 13.1. The molecule has 0 bridgehead atoms. The zero-order valence-electron chi connectivity index (χ0n) is 15.2. The first-order valence-corrected chi connectivity index (χ1v) is 8.87. The highest BCUT2D eigenvalue weighted by Gasteiger charge is 2.40. The lowest BCUT2D eigenvalue weighted by Gasteiger charge is -2.22. The lowest BCUT2D eigenvalue weighted by molar-refractivity contribution is -0.143. The van der Waals surface area contributed by atoms with E-state index in [9.17, 15) is 26.3 Å². The van der Waals surface area contributed by atoms with E-state index in [0.29, 0.717) is 0 Å². The first-order valence-electron chi connectivity index (χ1n) is 8.49. The molecule has 0 aromatic carbocycles. The number of pyridine rings is 1. The Balaban J connectivity index is 2.48. The van der Waals surface area contributed by atoms with Gasteiger partial charge in [0, 0.05) is 0 Å². The van der Waals surface area contributed by atoms with Gasteiger partial charge < -0.3 is 10.6 Å². The monoisotopic (exact) mass is 442 g/mol. The van der Waals surface area contributed by atoms with E-state index in [-0.39, 0.29) is 29.5 Å². The summed E-state index contributed by atoms with van der Waals surface area (Å²) in [6.45, 7) is 2.59. The quantitative estimate of drug-likeness (QED) is 0.459. The minimum absolute atomic E-state index is 0.0513. The lowest BCUT2D eigenvalue weighted by Crippen LogP contribution is -2.37. The summed E-state index contributed by atoms with van der Waals surface area (Å²) in [5.74, 6) is -1.32. The second kappa shape index (κ2) is 8.97. The summed E-state index contributed by atoms with van der Waals surface area (Å²) >= 11 is 5.80. The molecule has 29 heavy (non-hydrogen) atoms. The van der Waals surface area contributed by atoms with E-state index in [2.05, 4.69) is 30.6 Å². The number of hydrogen-bond acceptors (Lipinski definition) is 6. The average molecular weight is 443 g/mol. The van der Waals surface area contributed by atoms with Gasteiger partial charge in [0.1, 0.15) is 22.9 Å². The van der Waals surface area contributed by atoms with Crippen molar-refractivity contribution < 1.29 is 26.3 Å². The first-order chi connectivity index (χ1) is 13.4. The smallest absolute Gasteiger partial charge is 0.342 e. The van der Waals surface area contributed by atoms with E-state index in [1.54, 1.807) is 0 Å². The Kier molecular flexibility index (Phi) is 7.09. The molecule has 0 aliphatic rings. The molecular weight excluding hydrogens is 426 g/mol. The van der Waals surface area contributed by atoms with Gasteiger partial charge in [-0.25, -0.2) is 4.98 Å². The van der Waals surface area contributed by atoms with Gasteiger partial charge in [0.2, 0.25) is 11.9 Å². The molecule has 0 aliphatic heterocycles. The van der Waals surface area contributed by atoms with Crippen molar-refractivity contribution in [2.75, 3.05) is 10.6 Å². The topological polar surface area (TPSA) is 75.6 Å². The molecule has 0 aliphatic carbocycles. The highest BCUT2D eigenvalue weighted by Crippen LogP contribution is 2.28. The van der Waals surface area contributed by atoms with Crippen LogP contribution in [0.2, 0.25) is 5.15 Å². The van der Waals surface area contributed by atoms with Gasteiger partial charge in [-0.1, -0.05) is 31.5 Å². The number of hydrogen-bond donors (Lipinski definition) is 2. The number of anilines is 2. The maximum Gasteiger partial charge on any atom is 0.408 e. The predicted octanol–water partition coefficient (Wildman–Crippen LogP) is 5.09. The Morgan fingerprint density at radius 2 is 1.31 bits per heavy atom. The fourth-order valence-electron chi connectivity index (χ4n) is 2.29. The molecule has 0 fully saturated rings. The van der Waals surface area contributed by atoms with Crippen molar-refractivity contribution in [1.82, 2.24) is 19.9 Å². The summed E-state index contributed by atoms with van der Waals surface area (Å²) in [5.41, 5.74) is 0.0612. The molecule has 160 valence electrons. The number of aromatic nitrogens is 4. The SMILES string of the molecule is CC[C@H](Nc1nc(N[C@@H](CC)C(F)(F)F)nc(-c2cccc(Cl)n2)n1)C(F)(F)F. The third kappa shape index (κ3) is 6.31. The van der Waals surface area contributed by atoms with Crippen molar-refractivity contribution in [3.8, 4) is 11.5 Å². The van der Waals surface area contributed by atoms with Gasteiger partial charge in [-0.3, -0.25) is 0 Å². The van der Waals surface area contributed by atoms with Crippen LogP contribution in [0.1, 0.15) is 26.7 Å². The number of rotatable bonds is 7. The minimum Gasteiger partial charge on any atom is -0.342 e. The Labute approximate surface area is 167 Å². The van der Waals surface area contributed by atoms with Gasteiger partial charge in [0.25, 0.3) is 0 Å². The van der Waals surface area contributed by atoms with E-state index < -0.39 is 36.3 Å². The van der Waals surface area contributed by atoms with E-state index in [1.165, 1.54) is 32.0 Å². The fourth-order valence-corrected chi connectivity index (χ4v) is 2.46. The van der Waals surface area contributed by atoms with Crippen molar-refractivity contribution in [3.63, 3.8) is 0 Å². The van der Waals surface area contributed by atoms with Crippen LogP contribution in [0.3, 0.4) is 0 Å². The molecule has 0 saturated carbocycles. The van der Waals surface area contributed by atoms with Crippen molar-refractivity contribution in [2.24, 2.45) is 0 Å². The maximum absolute atomic E-state index is 13.1. The van der Waals surface area contributed by atoms with Gasteiger partial charge in [-0.15, -0.1) is 0 Å². The third-order valence-corrected chi connectivity index (χ3v) is 4.00. The molecule has 0 spiro atoms. The predicted molar refractivity (Wildman–Crippen MR) is 95.6 cm³/mol. The average Bonchev–Trinajstić information content (AvgIpc) is 2.62. The largest absolute Gasteiger partial charge is 0.408 e. The van der Waals surface area contributed by atoms with Gasteiger partial charge in [-0.05, 0) is 25.0 Å². The second-order valence-corrected chi connectivity index (χ2v) is 6.33. The Bertz CT molecular complexity index is 786. The van der Waals surface area contributed by atoms with Gasteiger partial charge in [-0.2, -0.15) is 41.3 Å². The molecular formula is C16H17ClF6N6. The first kappa shape index (κ1) is 22.9. The number of nitrogens with one attached hydrogen (secondary N) is 2. The van der Waals surface area contributed by atoms with Gasteiger partial charge in [0.15, 0.2) is 5.82 Å². The number of alkyl halides is 6. The summed E-state index contributed by atoms with van der Waals surface area (Å²) < 4.78 is 78.5. The molecule has 2 aromatic rings. The van der Waals surface area contributed by atoms with Crippen LogP contribution in [0.15, 0.2) is 18.2 Å². The van der Waals surface area contributed by atoms with Crippen LogP contribution < -0.4 is 10.6 Å². The molecule has 2 aromatic heterocycles. The lowest BCUT2D eigenvalue weighted by atomic mass is 10.2. The normalized spacial score (nSPS) is 14.4. The van der Waals surface area contributed by atoms with Crippen LogP contribution in [0.4, 0.5) is 38.2 Å². The van der Waals surface area contributed by atoms with Crippen LogP contribution >= 0.6 is 11.6 Å². The summed E-state index contributed by atoms with van der Waals surface area (Å²) in [5, 5.41) is 4.24. The molecule has 2 heterocycles. The molecule has 6 nitrogen and oxygen atoms in total. The van der Waals surface area contributed by atoms with E-state index in [0.717, 1.165) is 0 Å². The molecule has 0 amide bonds. The summed E-state index contributed by atoms with van der Waals surface area (Å²) in [7, 11) is 0. The standard InChI is InChI=1S/C16H17ClF6N6/c1-3-9(15(18,19)20)25-13-27-12(8-6-5-7-11(17)24-8)28-14(29-13)26-10(4-2)16(21,22)23/h5-7,9-10H,3-4H2,1-2H3,(H2,25,26,27,28,29)/t9-,10-/m0/s1. The van der Waals surface area contributed by atoms with Crippen molar-refractivity contribution in [1.29, 1.82) is 0 Å². The van der Waals surface area contributed by atoms with Crippen LogP contribution in [0.5, 0.6) is 0 Å². The Hall–Kier alpha value is -2.37. The zero-order chi connectivity index (χ0) is 21.8. The van der Waals surface area contributed by atoms with Crippen LogP contribution in [-0.4, -0.2) is 44.4 Å². The molecule has 2 N–H and O–H groups in total. The van der Waals surface area contributed by atoms with Crippen LogP contribution in [-0.2, 0) is 0 Å². The molecule has 0 radical (unpaired) electrons. The molecule has 2 rings (SSSR count). The van der Waals surface area contributed by atoms with Gasteiger partial charge in [0.05, 0.1) is 0 Å². The fraction of sp³-hybridized carbons (Fsp3) is 0.500. The van der Waals surface area contributed by atoms with Crippen LogP contribution in [0.25, 0.3) is 11.5 Å². The zero-order valence-corrected chi connectivity index (χ0v) is 16.0. The Morgan fingerprint density at radius 3 is 1.69 bits per heavy atom. The van der Waals surface area contributed by atoms with Crippen molar-refractivity contribution >= 4 is 23.5 Å². The summed E-state index contributed by atoms with van der Waals surface area (Å²) in [6, 6.07) is 0.351. The van der Waals surface area contributed by atoms with E-state index >= 15 is 0 Å². The minimum atomic E-state index is -4.61. The molecule has 0 saturated heterocycles. The summed E-state index contributed by atoms with van der Waals surface area (Å²) in [4.78, 5) is 15.3. The molecule has 2 atom stereocenters. The van der Waals surface area contributed by atoms with Crippen molar-refractivity contribution in [2.45, 2.75) is 51.1 Å². The van der Waals surface area contributed by atoms with Crippen LogP contribution in [0, 0.1) is 0 Å². The molecule has 0 unspecified atom stereocenters.